The number of benzene rings is 1. The first-order chi connectivity index (χ1) is 8.76. The molecule has 98 valence electrons. The Hall–Kier alpha value is -1.18. The molecule has 3 rings (SSSR count). The van der Waals surface area contributed by atoms with Crippen molar-refractivity contribution >= 4 is 11.4 Å². The molecule has 1 aromatic rings. The van der Waals surface area contributed by atoms with Gasteiger partial charge in [0.05, 0.1) is 0 Å². The third-order valence-electron chi connectivity index (χ3n) is 4.57. The molecule has 1 N–H and O–H groups in total. The second-order valence-electron chi connectivity index (χ2n) is 5.93. The lowest BCUT2D eigenvalue weighted by atomic mass is 9.98. The highest BCUT2D eigenvalue weighted by molar-refractivity contribution is 5.62. The summed E-state index contributed by atoms with van der Waals surface area (Å²) in [6.45, 7) is 7.07. The molecule has 2 nitrogen and oxygen atoms in total. The number of aryl methyl sites for hydroxylation is 1. The Kier molecular flexibility index (Phi) is 3.19. The average Bonchev–Trinajstić information content (AvgIpc) is 2.87. The second kappa shape index (κ2) is 4.83. The summed E-state index contributed by atoms with van der Waals surface area (Å²) >= 11 is 0. The van der Waals surface area contributed by atoms with Gasteiger partial charge in [0.2, 0.25) is 0 Å². The van der Waals surface area contributed by atoms with E-state index in [1.165, 1.54) is 55.7 Å². The summed E-state index contributed by atoms with van der Waals surface area (Å²) in [6, 6.07) is 7.60. The largest absolute Gasteiger partial charge is 0.382 e. The third-order valence-corrected chi connectivity index (χ3v) is 4.57. The highest BCUT2D eigenvalue weighted by atomic mass is 15.1. The van der Waals surface area contributed by atoms with Crippen LogP contribution in [0, 0.1) is 5.92 Å². The van der Waals surface area contributed by atoms with Crippen LogP contribution in [-0.2, 0) is 6.42 Å². The van der Waals surface area contributed by atoms with Crippen molar-refractivity contribution < 1.29 is 0 Å². The maximum atomic E-state index is 3.58. The number of nitrogens with one attached hydrogen (secondary N) is 1. The van der Waals surface area contributed by atoms with E-state index in [0.29, 0.717) is 6.04 Å². The molecule has 0 spiro atoms. The molecule has 0 saturated carbocycles. The van der Waals surface area contributed by atoms with Crippen molar-refractivity contribution in [3.8, 4) is 0 Å². The number of hydrogen-bond donors (Lipinski definition) is 1. The minimum atomic E-state index is 0.625. The van der Waals surface area contributed by atoms with E-state index in [-0.39, 0.29) is 0 Å². The van der Waals surface area contributed by atoms with Crippen LogP contribution in [0.1, 0.15) is 38.7 Å². The van der Waals surface area contributed by atoms with Crippen LogP contribution in [0.5, 0.6) is 0 Å². The topological polar surface area (TPSA) is 15.3 Å². The van der Waals surface area contributed by atoms with Gasteiger partial charge in [-0.25, -0.2) is 0 Å². The van der Waals surface area contributed by atoms with Gasteiger partial charge in [-0.05, 0) is 55.9 Å². The molecule has 1 saturated heterocycles. The Morgan fingerprint density at radius 3 is 3.00 bits per heavy atom. The van der Waals surface area contributed by atoms with Gasteiger partial charge in [0.25, 0.3) is 0 Å². The van der Waals surface area contributed by atoms with Crippen molar-refractivity contribution in [2.24, 2.45) is 5.92 Å². The first-order valence-electron chi connectivity index (χ1n) is 7.40. The molecule has 2 unspecified atom stereocenters. The van der Waals surface area contributed by atoms with Gasteiger partial charge in [-0.15, -0.1) is 0 Å². The Balaban J connectivity index is 1.78. The number of rotatable bonds is 2. The van der Waals surface area contributed by atoms with Gasteiger partial charge >= 0.3 is 0 Å². The Bertz CT molecular complexity index is 427. The zero-order valence-electron chi connectivity index (χ0n) is 11.6. The van der Waals surface area contributed by atoms with Crippen LogP contribution < -0.4 is 10.2 Å². The molecule has 0 aromatic heterocycles. The summed E-state index contributed by atoms with van der Waals surface area (Å²) in [5, 5.41) is 3.58. The summed E-state index contributed by atoms with van der Waals surface area (Å²) in [7, 11) is 0. The van der Waals surface area contributed by atoms with Gasteiger partial charge in [0.1, 0.15) is 0 Å². The van der Waals surface area contributed by atoms with Crippen molar-refractivity contribution in [2.45, 2.75) is 45.6 Å². The van der Waals surface area contributed by atoms with Crippen molar-refractivity contribution in [3.05, 3.63) is 23.8 Å². The maximum absolute atomic E-state index is 3.58. The standard InChI is InChI=1S/C16H24N2/c1-3-13-8-9-18(11-13)15-6-7-16-14(10-15)5-4-12(2)17-16/h6-7,10,12-13,17H,3-5,8-9,11H2,1-2H3. The maximum Gasteiger partial charge on any atom is 0.0376 e. The molecule has 2 aliphatic rings. The SMILES string of the molecule is CCC1CCN(c2ccc3c(c2)CCC(C)N3)C1. The van der Waals surface area contributed by atoms with E-state index in [1.54, 1.807) is 0 Å². The minimum Gasteiger partial charge on any atom is -0.382 e. The van der Waals surface area contributed by atoms with E-state index in [9.17, 15) is 0 Å². The summed E-state index contributed by atoms with van der Waals surface area (Å²) in [4.78, 5) is 2.56. The molecule has 2 atom stereocenters. The van der Waals surface area contributed by atoms with Crippen molar-refractivity contribution in [2.75, 3.05) is 23.3 Å². The van der Waals surface area contributed by atoms with Crippen LogP contribution in [0.4, 0.5) is 11.4 Å². The Morgan fingerprint density at radius 1 is 1.33 bits per heavy atom. The predicted molar refractivity (Wildman–Crippen MR) is 78.5 cm³/mol. The summed E-state index contributed by atoms with van der Waals surface area (Å²) in [5.41, 5.74) is 4.29. The van der Waals surface area contributed by atoms with Crippen LogP contribution in [0.2, 0.25) is 0 Å². The normalized spacial score (nSPS) is 26.9. The second-order valence-corrected chi connectivity index (χ2v) is 5.93. The first kappa shape index (κ1) is 11.9. The van der Waals surface area contributed by atoms with Gasteiger partial charge in [-0.2, -0.15) is 0 Å². The van der Waals surface area contributed by atoms with Crippen LogP contribution in [0.25, 0.3) is 0 Å². The Morgan fingerprint density at radius 2 is 2.22 bits per heavy atom. The zero-order valence-corrected chi connectivity index (χ0v) is 11.6. The molecule has 1 aromatic carbocycles. The van der Waals surface area contributed by atoms with Gasteiger partial charge in [-0.1, -0.05) is 13.3 Å². The van der Waals surface area contributed by atoms with Gasteiger partial charge in [0.15, 0.2) is 0 Å². The number of hydrogen-bond acceptors (Lipinski definition) is 2. The molecule has 2 heterocycles. The lowest BCUT2D eigenvalue weighted by Crippen LogP contribution is -2.23. The smallest absolute Gasteiger partial charge is 0.0376 e. The number of fused-ring (bicyclic) bond motifs is 1. The minimum absolute atomic E-state index is 0.625. The van der Waals surface area contributed by atoms with Gasteiger partial charge in [-0.3, -0.25) is 0 Å². The first-order valence-corrected chi connectivity index (χ1v) is 7.40. The molecule has 0 bridgehead atoms. The number of nitrogens with zero attached hydrogens (tertiary/aromatic N) is 1. The lowest BCUT2D eigenvalue weighted by Gasteiger charge is -2.26. The van der Waals surface area contributed by atoms with Crippen LogP contribution >= 0.6 is 0 Å². The van der Waals surface area contributed by atoms with E-state index in [0.717, 1.165) is 5.92 Å². The van der Waals surface area contributed by atoms with E-state index >= 15 is 0 Å². The molecular formula is C16H24N2. The van der Waals surface area contributed by atoms with Gasteiger partial charge < -0.3 is 10.2 Å². The fraction of sp³-hybridized carbons (Fsp3) is 0.625. The molecule has 2 aliphatic heterocycles. The van der Waals surface area contributed by atoms with Crippen LogP contribution in [0.3, 0.4) is 0 Å². The highest BCUT2D eigenvalue weighted by Crippen LogP contribution is 2.31. The molecule has 0 radical (unpaired) electrons. The Labute approximate surface area is 110 Å². The summed E-state index contributed by atoms with van der Waals surface area (Å²) < 4.78 is 0. The highest BCUT2D eigenvalue weighted by Gasteiger charge is 2.22. The summed E-state index contributed by atoms with van der Waals surface area (Å²) in [6.07, 6.45) is 5.17. The average molecular weight is 244 g/mol. The number of anilines is 2. The van der Waals surface area contributed by atoms with Crippen molar-refractivity contribution in [3.63, 3.8) is 0 Å². The summed E-state index contributed by atoms with van der Waals surface area (Å²) in [5.74, 6) is 0.902. The fourth-order valence-corrected chi connectivity index (χ4v) is 3.23. The van der Waals surface area contributed by atoms with E-state index in [2.05, 4.69) is 42.3 Å². The molecule has 0 aliphatic carbocycles. The van der Waals surface area contributed by atoms with E-state index in [4.69, 9.17) is 0 Å². The fourth-order valence-electron chi connectivity index (χ4n) is 3.23. The molecule has 18 heavy (non-hydrogen) atoms. The predicted octanol–water partition coefficient (Wildman–Crippen LogP) is 3.67. The van der Waals surface area contributed by atoms with Crippen LogP contribution in [-0.4, -0.2) is 19.1 Å². The molecule has 2 heteroatoms. The quantitative estimate of drug-likeness (QED) is 0.854. The third kappa shape index (κ3) is 2.21. The van der Waals surface area contributed by atoms with Crippen molar-refractivity contribution in [1.82, 2.24) is 0 Å². The van der Waals surface area contributed by atoms with E-state index < -0.39 is 0 Å². The van der Waals surface area contributed by atoms with E-state index in [1.807, 2.05) is 0 Å². The van der Waals surface area contributed by atoms with Crippen molar-refractivity contribution in [1.29, 1.82) is 0 Å². The molecular weight excluding hydrogens is 220 g/mol. The lowest BCUT2D eigenvalue weighted by molar-refractivity contribution is 0.569. The van der Waals surface area contributed by atoms with Gasteiger partial charge in [0, 0.05) is 30.5 Å². The molecule has 0 amide bonds. The zero-order chi connectivity index (χ0) is 12.5. The molecule has 1 fully saturated rings. The van der Waals surface area contributed by atoms with Crippen LogP contribution in [0.15, 0.2) is 18.2 Å². The monoisotopic (exact) mass is 244 g/mol.